The number of likely N-dealkylation sites (tertiary alicyclic amines) is 1. The largest absolute Gasteiger partial charge is 0.489 e. The third kappa shape index (κ3) is 3.39. The summed E-state index contributed by atoms with van der Waals surface area (Å²) in [6.07, 6.45) is 2.47. The van der Waals surface area contributed by atoms with E-state index in [4.69, 9.17) is 4.74 Å². The van der Waals surface area contributed by atoms with Gasteiger partial charge in [-0.3, -0.25) is 4.90 Å². The number of nitrogens with one attached hydrogen (secondary N) is 1. The number of aromatic amines is 1. The Balaban J connectivity index is 1.58. The Morgan fingerprint density at radius 1 is 1.33 bits per heavy atom. The molecule has 6 heteroatoms. The SMILES string of the molecule is Cc1[nH]cnc1CN1CCC(Oc2cc(F)cc(F)c2)C1. The summed E-state index contributed by atoms with van der Waals surface area (Å²) >= 11 is 0. The highest BCUT2D eigenvalue weighted by Crippen LogP contribution is 2.21. The van der Waals surface area contributed by atoms with E-state index >= 15 is 0 Å². The molecule has 0 spiro atoms. The number of aromatic nitrogens is 2. The predicted octanol–water partition coefficient (Wildman–Crippen LogP) is 2.65. The molecule has 1 atom stereocenters. The van der Waals surface area contributed by atoms with E-state index in [1.165, 1.54) is 12.1 Å². The van der Waals surface area contributed by atoms with Gasteiger partial charge in [-0.15, -0.1) is 0 Å². The minimum Gasteiger partial charge on any atom is -0.489 e. The summed E-state index contributed by atoms with van der Waals surface area (Å²) in [6, 6.07) is 3.27. The highest BCUT2D eigenvalue weighted by Gasteiger charge is 2.25. The van der Waals surface area contributed by atoms with Gasteiger partial charge in [0.1, 0.15) is 23.5 Å². The normalized spacial score (nSPS) is 19.1. The van der Waals surface area contributed by atoms with Crippen molar-refractivity contribution in [2.24, 2.45) is 0 Å². The summed E-state index contributed by atoms with van der Waals surface area (Å²) < 4.78 is 31.9. The Bertz CT molecular complexity index is 609. The number of halogens is 2. The van der Waals surface area contributed by atoms with E-state index in [2.05, 4.69) is 14.9 Å². The van der Waals surface area contributed by atoms with Crippen LogP contribution >= 0.6 is 0 Å². The van der Waals surface area contributed by atoms with Crippen LogP contribution in [0.15, 0.2) is 24.5 Å². The van der Waals surface area contributed by atoms with E-state index in [0.29, 0.717) is 0 Å². The van der Waals surface area contributed by atoms with Crippen LogP contribution in [0.4, 0.5) is 8.78 Å². The molecule has 3 rings (SSSR count). The van der Waals surface area contributed by atoms with Crippen molar-refractivity contribution in [1.82, 2.24) is 14.9 Å². The van der Waals surface area contributed by atoms with Crippen molar-refractivity contribution in [3.63, 3.8) is 0 Å². The fourth-order valence-electron chi connectivity index (χ4n) is 2.58. The van der Waals surface area contributed by atoms with Crippen LogP contribution in [-0.4, -0.2) is 34.1 Å². The molecule has 2 aromatic rings. The first kappa shape index (κ1) is 14.0. The zero-order chi connectivity index (χ0) is 14.8. The van der Waals surface area contributed by atoms with Gasteiger partial charge in [-0.1, -0.05) is 0 Å². The van der Waals surface area contributed by atoms with Crippen LogP contribution in [0.3, 0.4) is 0 Å². The average Bonchev–Trinajstić information content (AvgIpc) is 2.99. The molecule has 21 heavy (non-hydrogen) atoms. The van der Waals surface area contributed by atoms with Gasteiger partial charge in [0, 0.05) is 43.5 Å². The molecular weight excluding hydrogens is 276 g/mol. The van der Waals surface area contributed by atoms with Crippen LogP contribution in [0, 0.1) is 18.6 Å². The monoisotopic (exact) mass is 293 g/mol. The number of hydrogen-bond donors (Lipinski definition) is 1. The molecule has 0 radical (unpaired) electrons. The minimum absolute atomic E-state index is 0.0505. The molecule has 1 aromatic heterocycles. The summed E-state index contributed by atoms with van der Waals surface area (Å²) in [5.74, 6) is -0.991. The maximum absolute atomic E-state index is 13.1. The summed E-state index contributed by atoms with van der Waals surface area (Å²) in [4.78, 5) is 9.55. The maximum Gasteiger partial charge on any atom is 0.129 e. The highest BCUT2D eigenvalue weighted by molar-refractivity contribution is 5.24. The van der Waals surface area contributed by atoms with Crippen molar-refractivity contribution in [2.75, 3.05) is 13.1 Å². The lowest BCUT2D eigenvalue weighted by atomic mass is 10.3. The summed E-state index contributed by atoms with van der Waals surface area (Å²) in [5, 5.41) is 0. The van der Waals surface area contributed by atoms with Crippen molar-refractivity contribution < 1.29 is 13.5 Å². The van der Waals surface area contributed by atoms with Crippen LogP contribution in [0.5, 0.6) is 5.75 Å². The van der Waals surface area contributed by atoms with Gasteiger partial charge in [-0.2, -0.15) is 0 Å². The van der Waals surface area contributed by atoms with E-state index in [9.17, 15) is 8.78 Å². The van der Waals surface area contributed by atoms with E-state index in [1.54, 1.807) is 6.33 Å². The van der Waals surface area contributed by atoms with Crippen LogP contribution in [0.2, 0.25) is 0 Å². The van der Waals surface area contributed by atoms with Crippen LogP contribution < -0.4 is 4.74 Å². The summed E-state index contributed by atoms with van der Waals surface area (Å²) in [7, 11) is 0. The van der Waals surface area contributed by atoms with Gasteiger partial charge in [0.2, 0.25) is 0 Å². The van der Waals surface area contributed by atoms with Gasteiger partial charge >= 0.3 is 0 Å². The quantitative estimate of drug-likeness (QED) is 0.942. The smallest absolute Gasteiger partial charge is 0.129 e. The fraction of sp³-hybridized carbons (Fsp3) is 0.400. The molecule has 1 fully saturated rings. The topological polar surface area (TPSA) is 41.2 Å². The zero-order valence-electron chi connectivity index (χ0n) is 11.8. The molecule has 1 N–H and O–H groups in total. The number of nitrogens with zero attached hydrogens (tertiary/aromatic N) is 2. The molecule has 0 bridgehead atoms. The second-order valence-corrected chi connectivity index (χ2v) is 5.34. The number of ether oxygens (including phenoxy) is 1. The molecule has 112 valence electrons. The molecular formula is C15H17F2N3O. The van der Waals surface area contributed by atoms with Crippen LogP contribution in [0.1, 0.15) is 17.8 Å². The Morgan fingerprint density at radius 2 is 2.10 bits per heavy atom. The molecule has 0 aliphatic carbocycles. The summed E-state index contributed by atoms with van der Waals surface area (Å²) in [5.41, 5.74) is 2.08. The number of benzene rings is 1. The first-order valence-electron chi connectivity index (χ1n) is 6.94. The molecule has 1 aliphatic rings. The number of rotatable bonds is 4. The molecule has 1 saturated heterocycles. The molecule has 0 amide bonds. The molecule has 2 heterocycles. The lowest BCUT2D eigenvalue weighted by Crippen LogP contribution is -2.25. The van der Waals surface area contributed by atoms with Crippen molar-refractivity contribution in [2.45, 2.75) is 26.0 Å². The highest BCUT2D eigenvalue weighted by atomic mass is 19.1. The van der Waals surface area contributed by atoms with Crippen molar-refractivity contribution >= 4 is 0 Å². The van der Waals surface area contributed by atoms with Gasteiger partial charge in [0.05, 0.1) is 12.0 Å². The Kier molecular flexibility index (Phi) is 3.88. The lowest BCUT2D eigenvalue weighted by Gasteiger charge is -2.16. The maximum atomic E-state index is 13.1. The van der Waals surface area contributed by atoms with Crippen molar-refractivity contribution in [3.05, 3.63) is 47.5 Å². The molecule has 0 saturated carbocycles. The molecule has 1 unspecified atom stereocenters. The molecule has 1 aliphatic heterocycles. The van der Waals surface area contributed by atoms with Gasteiger partial charge in [-0.05, 0) is 13.3 Å². The van der Waals surface area contributed by atoms with Gasteiger partial charge in [0.25, 0.3) is 0 Å². The minimum atomic E-state index is -0.619. The Morgan fingerprint density at radius 3 is 2.76 bits per heavy atom. The first-order valence-corrected chi connectivity index (χ1v) is 6.94. The van der Waals surface area contributed by atoms with E-state index in [0.717, 1.165) is 43.5 Å². The van der Waals surface area contributed by atoms with Gasteiger partial charge in [-0.25, -0.2) is 13.8 Å². The van der Waals surface area contributed by atoms with Gasteiger partial charge in [0.15, 0.2) is 0 Å². The van der Waals surface area contributed by atoms with Crippen molar-refractivity contribution in [1.29, 1.82) is 0 Å². The van der Waals surface area contributed by atoms with Crippen molar-refractivity contribution in [3.8, 4) is 5.75 Å². The first-order chi connectivity index (χ1) is 10.1. The van der Waals surface area contributed by atoms with E-state index in [-0.39, 0.29) is 11.9 Å². The van der Waals surface area contributed by atoms with Gasteiger partial charge < -0.3 is 9.72 Å². The number of aryl methyl sites for hydroxylation is 1. The van der Waals surface area contributed by atoms with Crippen LogP contribution in [0.25, 0.3) is 0 Å². The zero-order valence-corrected chi connectivity index (χ0v) is 11.8. The predicted molar refractivity (Wildman–Crippen MR) is 74.0 cm³/mol. The number of imidazole rings is 1. The number of hydrogen-bond acceptors (Lipinski definition) is 3. The third-order valence-electron chi connectivity index (χ3n) is 3.68. The standard InChI is InChI=1S/C15H17F2N3O/c1-10-15(19-9-18-10)8-20-3-2-13(7-20)21-14-5-11(16)4-12(17)6-14/h4-6,9,13H,2-3,7-8H2,1H3,(H,18,19). The second kappa shape index (κ2) is 5.81. The fourth-order valence-corrected chi connectivity index (χ4v) is 2.58. The second-order valence-electron chi connectivity index (χ2n) is 5.34. The Hall–Kier alpha value is -1.95. The van der Waals surface area contributed by atoms with E-state index in [1.807, 2.05) is 6.92 Å². The third-order valence-corrected chi connectivity index (χ3v) is 3.68. The summed E-state index contributed by atoms with van der Waals surface area (Å²) in [6.45, 7) is 4.35. The molecule has 4 nitrogen and oxygen atoms in total. The van der Waals surface area contributed by atoms with Crippen LogP contribution in [-0.2, 0) is 6.54 Å². The molecule has 1 aromatic carbocycles. The lowest BCUT2D eigenvalue weighted by molar-refractivity contribution is 0.196. The van der Waals surface area contributed by atoms with E-state index < -0.39 is 11.6 Å². The Labute approximate surface area is 121 Å². The number of H-pyrrole nitrogens is 1. The average molecular weight is 293 g/mol.